The molecule has 1 aromatic rings. The number of amides is 1. The average molecular weight is 312 g/mol. The molecule has 0 bridgehead atoms. The quantitative estimate of drug-likeness (QED) is 0.859. The van der Waals surface area contributed by atoms with Crippen LogP contribution in [0.5, 0.6) is 0 Å². The molecule has 1 saturated heterocycles. The number of ether oxygens (including phenoxy) is 1. The van der Waals surface area contributed by atoms with E-state index in [2.05, 4.69) is 27.3 Å². The van der Waals surface area contributed by atoms with E-state index in [-0.39, 0.29) is 5.91 Å². The zero-order valence-electron chi connectivity index (χ0n) is 13.0. The standard InChI is InChI=1S/C14H24N4O2S/c1-10(2)13-16-17-14(21-13)12(19)15-8-11(3)9-18-4-6-20-7-5-18/h10-11H,4-9H2,1-3H3,(H,15,19). The van der Waals surface area contributed by atoms with Crippen LogP contribution in [0, 0.1) is 5.92 Å². The summed E-state index contributed by atoms with van der Waals surface area (Å²) in [4.78, 5) is 14.4. The topological polar surface area (TPSA) is 67.4 Å². The highest BCUT2D eigenvalue weighted by atomic mass is 32.1. The molecule has 2 heterocycles. The van der Waals surface area contributed by atoms with Crippen molar-refractivity contribution in [3.8, 4) is 0 Å². The maximum Gasteiger partial charge on any atom is 0.282 e. The minimum atomic E-state index is -0.117. The second-order valence-corrected chi connectivity index (χ2v) is 6.84. The third-order valence-electron chi connectivity index (χ3n) is 3.41. The molecule has 1 aliphatic rings. The molecule has 1 unspecified atom stereocenters. The number of aromatic nitrogens is 2. The first-order chi connectivity index (χ1) is 10.1. The number of hydrogen-bond donors (Lipinski definition) is 1. The summed E-state index contributed by atoms with van der Waals surface area (Å²) in [7, 11) is 0. The zero-order valence-corrected chi connectivity index (χ0v) is 13.8. The summed E-state index contributed by atoms with van der Waals surface area (Å²) >= 11 is 1.38. The van der Waals surface area contributed by atoms with Gasteiger partial charge in [-0.2, -0.15) is 0 Å². The summed E-state index contributed by atoms with van der Waals surface area (Å²) in [6.45, 7) is 11.5. The van der Waals surface area contributed by atoms with Gasteiger partial charge in [0.2, 0.25) is 5.01 Å². The largest absolute Gasteiger partial charge is 0.379 e. The van der Waals surface area contributed by atoms with Crippen molar-refractivity contribution in [2.75, 3.05) is 39.4 Å². The lowest BCUT2D eigenvalue weighted by Crippen LogP contribution is -2.41. The molecule has 1 amide bonds. The molecular weight excluding hydrogens is 288 g/mol. The molecule has 21 heavy (non-hydrogen) atoms. The van der Waals surface area contributed by atoms with Crippen molar-refractivity contribution in [3.63, 3.8) is 0 Å². The molecule has 0 radical (unpaired) electrons. The minimum absolute atomic E-state index is 0.117. The molecule has 1 N–H and O–H groups in total. The molecular formula is C14H24N4O2S. The first-order valence-corrected chi connectivity index (χ1v) is 8.29. The van der Waals surface area contributed by atoms with Gasteiger partial charge in [0.15, 0.2) is 0 Å². The number of morpholine rings is 1. The predicted octanol–water partition coefficient (Wildman–Crippen LogP) is 1.36. The Morgan fingerprint density at radius 1 is 1.33 bits per heavy atom. The monoisotopic (exact) mass is 312 g/mol. The number of carbonyl (C=O) groups is 1. The number of nitrogens with one attached hydrogen (secondary N) is 1. The molecule has 1 fully saturated rings. The summed E-state index contributed by atoms with van der Waals surface area (Å²) in [5.41, 5.74) is 0. The van der Waals surface area contributed by atoms with E-state index in [0.29, 0.717) is 23.4 Å². The molecule has 118 valence electrons. The summed E-state index contributed by atoms with van der Waals surface area (Å²) in [6.07, 6.45) is 0. The molecule has 1 atom stereocenters. The van der Waals surface area contributed by atoms with E-state index in [1.807, 2.05) is 13.8 Å². The van der Waals surface area contributed by atoms with Gasteiger partial charge < -0.3 is 10.1 Å². The lowest BCUT2D eigenvalue weighted by molar-refractivity contribution is 0.0317. The van der Waals surface area contributed by atoms with Gasteiger partial charge in [-0.1, -0.05) is 32.1 Å². The number of carbonyl (C=O) groups excluding carboxylic acids is 1. The Labute approximate surface area is 129 Å². The number of hydrogen-bond acceptors (Lipinski definition) is 6. The van der Waals surface area contributed by atoms with Crippen molar-refractivity contribution in [2.45, 2.75) is 26.7 Å². The van der Waals surface area contributed by atoms with Crippen molar-refractivity contribution >= 4 is 17.2 Å². The Hall–Kier alpha value is -1.05. The second-order valence-electron chi connectivity index (χ2n) is 5.83. The van der Waals surface area contributed by atoms with E-state index in [1.54, 1.807) is 0 Å². The fourth-order valence-electron chi connectivity index (χ4n) is 2.19. The lowest BCUT2D eigenvalue weighted by atomic mass is 10.1. The van der Waals surface area contributed by atoms with Gasteiger partial charge in [0.25, 0.3) is 5.91 Å². The van der Waals surface area contributed by atoms with Crippen molar-refractivity contribution in [1.29, 1.82) is 0 Å². The molecule has 6 nitrogen and oxygen atoms in total. The highest BCUT2D eigenvalue weighted by molar-refractivity contribution is 7.13. The molecule has 0 saturated carbocycles. The van der Waals surface area contributed by atoms with Gasteiger partial charge in [-0.3, -0.25) is 9.69 Å². The molecule has 1 aromatic heterocycles. The van der Waals surface area contributed by atoms with Crippen LogP contribution in [0.4, 0.5) is 0 Å². The minimum Gasteiger partial charge on any atom is -0.379 e. The second kappa shape index (κ2) is 7.82. The van der Waals surface area contributed by atoms with E-state index in [9.17, 15) is 4.79 Å². The summed E-state index contributed by atoms with van der Waals surface area (Å²) in [5.74, 6) is 0.599. The normalized spacial score (nSPS) is 17.9. The smallest absolute Gasteiger partial charge is 0.282 e. The number of nitrogens with zero attached hydrogens (tertiary/aromatic N) is 3. The third-order valence-corrected chi connectivity index (χ3v) is 4.64. The number of rotatable bonds is 6. The molecule has 2 rings (SSSR count). The van der Waals surface area contributed by atoms with Crippen molar-refractivity contribution in [2.24, 2.45) is 5.92 Å². The Balaban J connectivity index is 1.74. The van der Waals surface area contributed by atoms with Gasteiger partial charge in [-0.05, 0) is 5.92 Å². The first kappa shape index (κ1) is 16.3. The van der Waals surface area contributed by atoms with E-state index >= 15 is 0 Å². The highest BCUT2D eigenvalue weighted by Crippen LogP contribution is 2.18. The van der Waals surface area contributed by atoms with Gasteiger partial charge in [0.05, 0.1) is 13.2 Å². The SMILES string of the molecule is CC(CNC(=O)c1nnc(C(C)C)s1)CN1CCOCC1. The summed E-state index contributed by atoms with van der Waals surface area (Å²) in [6, 6.07) is 0. The van der Waals surface area contributed by atoms with Crippen LogP contribution in [-0.2, 0) is 4.74 Å². The fourth-order valence-corrected chi connectivity index (χ4v) is 2.95. The fraction of sp³-hybridized carbons (Fsp3) is 0.786. The summed E-state index contributed by atoms with van der Waals surface area (Å²) < 4.78 is 5.33. The molecule has 7 heteroatoms. The van der Waals surface area contributed by atoms with Crippen molar-refractivity contribution in [1.82, 2.24) is 20.4 Å². The Morgan fingerprint density at radius 3 is 2.67 bits per heavy atom. The highest BCUT2D eigenvalue weighted by Gasteiger charge is 2.17. The summed E-state index contributed by atoms with van der Waals surface area (Å²) in [5, 5.41) is 12.3. The van der Waals surface area contributed by atoms with E-state index in [4.69, 9.17) is 4.74 Å². The van der Waals surface area contributed by atoms with E-state index in [1.165, 1.54) is 11.3 Å². The Kier molecular flexibility index (Phi) is 6.08. The van der Waals surface area contributed by atoms with Crippen LogP contribution in [0.25, 0.3) is 0 Å². The van der Waals surface area contributed by atoms with Gasteiger partial charge in [0, 0.05) is 32.1 Å². The third kappa shape index (κ3) is 5.01. The molecule has 1 aliphatic heterocycles. The van der Waals surface area contributed by atoms with Gasteiger partial charge in [-0.25, -0.2) is 0 Å². The van der Waals surface area contributed by atoms with Crippen molar-refractivity contribution in [3.05, 3.63) is 10.0 Å². The predicted molar refractivity (Wildman–Crippen MR) is 82.8 cm³/mol. The first-order valence-electron chi connectivity index (χ1n) is 7.48. The molecule has 0 aromatic carbocycles. The maximum absolute atomic E-state index is 12.0. The zero-order chi connectivity index (χ0) is 15.2. The van der Waals surface area contributed by atoms with Crippen molar-refractivity contribution < 1.29 is 9.53 Å². The van der Waals surface area contributed by atoms with Crippen LogP contribution < -0.4 is 5.32 Å². The van der Waals surface area contributed by atoms with Crippen LogP contribution in [0.3, 0.4) is 0 Å². The Morgan fingerprint density at radius 2 is 2.05 bits per heavy atom. The maximum atomic E-state index is 12.0. The van der Waals surface area contributed by atoms with E-state index in [0.717, 1.165) is 37.9 Å². The average Bonchev–Trinajstić information content (AvgIpc) is 2.96. The van der Waals surface area contributed by atoms with Crippen LogP contribution in [0.2, 0.25) is 0 Å². The molecule has 0 aliphatic carbocycles. The molecule has 0 spiro atoms. The van der Waals surface area contributed by atoms with Crippen LogP contribution in [0.1, 0.15) is 41.5 Å². The van der Waals surface area contributed by atoms with Gasteiger partial charge in [0.1, 0.15) is 5.01 Å². The Bertz CT molecular complexity index is 458. The van der Waals surface area contributed by atoms with E-state index < -0.39 is 0 Å². The van der Waals surface area contributed by atoms with Gasteiger partial charge >= 0.3 is 0 Å². The lowest BCUT2D eigenvalue weighted by Gasteiger charge is -2.29. The van der Waals surface area contributed by atoms with Crippen LogP contribution in [-0.4, -0.2) is 60.4 Å². The van der Waals surface area contributed by atoms with Gasteiger partial charge in [-0.15, -0.1) is 10.2 Å². The van der Waals surface area contributed by atoms with Crippen LogP contribution in [0.15, 0.2) is 0 Å². The van der Waals surface area contributed by atoms with Crippen LogP contribution >= 0.6 is 11.3 Å².